The van der Waals surface area contributed by atoms with Gasteiger partial charge in [0.1, 0.15) is 24.7 Å². The molecule has 1 N–H and O–H groups in total. The number of halogens is 1. The Balaban J connectivity index is 1.66. The minimum absolute atomic E-state index is 0.299. The molecule has 2 aromatic heterocycles. The smallest absolute Gasteiger partial charge is 0.140 e. The van der Waals surface area contributed by atoms with Gasteiger partial charge < -0.3 is 14.6 Å². The summed E-state index contributed by atoms with van der Waals surface area (Å²) in [4.78, 5) is 13.4. The topological polar surface area (TPSA) is 54.0 Å². The fourth-order valence-electron chi connectivity index (χ4n) is 2.23. The highest BCUT2D eigenvalue weighted by molar-refractivity contribution is 5.73. The maximum Gasteiger partial charge on any atom is 0.140 e. The molecule has 0 saturated carbocycles. The minimum atomic E-state index is -0.916. The first-order chi connectivity index (χ1) is 8.72. The molecule has 3 rings (SSSR count). The average Bonchev–Trinajstić information content (AvgIpc) is 2.89. The lowest BCUT2D eigenvalue weighted by Gasteiger charge is -2.12. The highest BCUT2D eigenvalue weighted by Crippen LogP contribution is 2.17. The van der Waals surface area contributed by atoms with Crippen LogP contribution in [0.5, 0.6) is 0 Å². The lowest BCUT2D eigenvalue weighted by Crippen LogP contribution is -2.23. The molecule has 18 heavy (non-hydrogen) atoms. The Morgan fingerprint density at radius 3 is 3.17 bits per heavy atom. The van der Waals surface area contributed by atoms with Crippen LogP contribution in [-0.2, 0) is 11.3 Å². The summed E-state index contributed by atoms with van der Waals surface area (Å²) in [5, 5.41) is 0. The third-order valence-corrected chi connectivity index (χ3v) is 3.15. The highest BCUT2D eigenvalue weighted by Gasteiger charge is 2.31. The van der Waals surface area contributed by atoms with Gasteiger partial charge in [0.15, 0.2) is 0 Å². The van der Waals surface area contributed by atoms with Crippen LogP contribution >= 0.6 is 0 Å². The van der Waals surface area contributed by atoms with Gasteiger partial charge in [-0.2, -0.15) is 0 Å². The molecule has 0 bridgehead atoms. The molecule has 1 saturated heterocycles. The third-order valence-electron chi connectivity index (χ3n) is 3.15. The molecule has 0 spiro atoms. The van der Waals surface area contributed by atoms with Gasteiger partial charge in [0.25, 0.3) is 0 Å². The lowest BCUT2D eigenvalue weighted by molar-refractivity contribution is 0.00930. The van der Waals surface area contributed by atoms with Gasteiger partial charge in [0.05, 0.1) is 17.2 Å². The van der Waals surface area contributed by atoms with Crippen molar-refractivity contribution in [3.05, 3.63) is 24.3 Å². The molecule has 3 heterocycles. The molecule has 2 aromatic rings. The number of ether oxygens (including phenoxy) is 1. The number of aromatic nitrogens is 3. The molecule has 1 aliphatic rings. The van der Waals surface area contributed by atoms with E-state index in [0.717, 1.165) is 11.0 Å². The fraction of sp³-hybridized carbons (Fsp3) is 0.500. The number of hydrogen-bond donors (Lipinski definition) is 1. The maximum absolute atomic E-state index is 13.5. The van der Waals surface area contributed by atoms with E-state index in [4.69, 9.17) is 4.74 Å². The van der Waals surface area contributed by atoms with Crippen molar-refractivity contribution in [1.29, 1.82) is 0 Å². The summed E-state index contributed by atoms with van der Waals surface area (Å²) in [6.07, 6.45) is 2.13. The van der Waals surface area contributed by atoms with Crippen LogP contribution in [0, 0.1) is 0 Å². The Labute approximate surface area is 104 Å². The highest BCUT2D eigenvalue weighted by atomic mass is 19.1. The van der Waals surface area contributed by atoms with Crippen LogP contribution in [0.25, 0.3) is 11.0 Å². The van der Waals surface area contributed by atoms with Gasteiger partial charge in [-0.1, -0.05) is 0 Å². The predicted molar refractivity (Wildman–Crippen MR) is 64.9 cm³/mol. The van der Waals surface area contributed by atoms with E-state index in [2.05, 4.69) is 15.0 Å². The summed E-state index contributed by atoms with van der Waals surface area (Å²) >= 11 is 0. The van der Waals surface area contributed by atoms with E-state index < -0.39 is 6.17 Å². The zero-order chi connectivity index (χ0) is 12.5. The van der Waals surface area contributed by atoms with Crippen LogP contribution in [-0.4, -0.2) is 52.3 Å². The van der Waals surface area contributed by atoms with Crippen LogP contribution in [0.15, 0.2) is 18.5 Å². The number of rotatable bonds is 3. The summed E-state index contributed by atoms with van der Waals surface area (Å²) in [6.45, 7) is 1.37. The van der Waals surface area contributed by atoms with E-state index in [1.54, 1.807) is 12.4 Å². The average molecular weight is 250 g/mol. The van der Waals surface area contributed by atoms with Crippen molar-refractivity contribution in [3.8, 4) is 0 Å². The molecule has 0 amide bonds. The van der Waals surface area contributed by atoms with Crippen LogP contribution < -0.4 is 0 Å². The van der Waals surface area contributed by atoms with E-state index in [1.165, 1.54) is 0 Å². The SMILES string of the molecule is CN1C[C@@H](F)[C@@H](OCc2nc3ccncc3[nH]2)C1. The van der Waals surface area contributed by atoms with Crippen LogP contribution in [0.2, 0.25) is 0 Å². The van der Waals surface area contributed by atoms with E-state index >= 15 is 0 Å². The van der Waals surface area contributed by atoms with Crippen molar-refractivity contribution in [2.24, 2.45) is 0 Å². The van der Waals surface area contributed by atoms with Crippen LogP contribution in [0.3, 0.4) is 0 Å². The van der Waals surface area contributed by atoms with E-state index in [-0.39, 0.29) is 6.10 Å². The molecule has 2 atom stereocenters. The Hall–Kier alpha value is -1.53. The number of hydrogen-bond acceptors (Lipinski definition) is 4. The normalized spacial score (nSPS) is 25.0. The monoisotopic (exact) mass is 250 g/mol. The number of alkyl halides is 1. The van der Waals surface area contributed by atoms with Crippen LogP contribution in [0.1, 0.15) is 5.82 Å². The largest absolute Gasteiger partial charge is 0.366 e. The van der Waals surface area contributed by atoms with Crippen molar-refractivity contribution in [2.75, 3.05) is 20.1 Å². The lowest BCUT2D eigenvalue weighted by atomic mass is 10.3. The van der Waals surface area contributed by atoms with Gasteiger partial charge in [-0.3, -0.25) is 4.98 Å². The molecule has 6 heteroatoms. The molecule has 0 aliphatic carbocycles. The summed E-state index contributed by atoms with van der Waals surface area (Å²) in [5.41, 5.74) is 1.72. The first-order valence-corrected chi connectivity index (χ1v) is 5.95. The second-order valence-corrected chi connectivity index (χ2v) is 4.66. The van der Waals surface area contributed by atoms with Crippen molar-refractivity contribution in [3.63, 3.8) is 0 Å². The Morgan fingerprint density at radius 2 is 2.44 bits per heavy atom. The van der Waals surface area contributed by atoms with Gasteiger partial charge in [-0.25, -0.2) is 9.37 Å². The Morgan fingerprint density at radius 1 is 1.56 bits per heavy atom. The summed E-state index contributed by atoms with van der Waals surface area (Å²) in [6, 6.07) is 1.83. The van der Waals surface area contributed by atoms with Crippen LogP contribution in [0.4, 0.5) is 4.39 Å². The van der Waals surface area contributed by atoms with E-state index in [9.17, 15) is 4.39 Å². The maximum atomic E-state index is 13.5. The van der Waals surface area contributed by atoms with Crippen molar-refractivity contribution < 1.29 is 9.13 Å². The van der Waals surface area contributed by atoms with Gasteiger partial charge in [0.2, 0.25) is 0 Å². The molecule has 0 unspecified atom stereocenters. The fourth-order valence-corrected chi connectivity index (χ4v) is 2.23. The molecule has 96 valence electrons. The number of fused-ring (bicyclic) bond motifs is 1. The number of likely N-dealkylation sites (tertiary alicyclic amines) is 1. The number of likely N-dealkylation sites (N-methyl/N-ethyl adjacent to an activating group) is 1. The standard InChI is InChI=1S/C12H15FN4O/c1-17-5-8(13)11(6-17)18-7-12-15-9-2-3-14-4-10(9)16-12/h2-4,8,11H,5-7H2,1H3,(H,15,16)/t8-,11+/m1/s1. The minimum Gasteiger partial charge on any atom is -0.366 e. The number of nitrogens with zero attached hydrogens (tertiary/aromatic N) is 3. The number of aromatic amines is 1. The molecule has 1 fully saturated rings. The quantitative estimate of drug-likeness (QED) is 0.887. The molecule has 5 nitrogen and oxygen atoms in total. The number of nitrogens with one attached hydrogen (secondary N) is 1. The van der Waals surface area contributed by atoms with Crippen molar-refractivity contribution in [1.82, 2.24) is 19.9 Å². The molecule has 0 aromatic carbocycles. The number of imidazole rings is 1. The van der Waals surface area contributed by atoms with Gasteiger partial charge in [-0.05, 0) is 13.1 Å². The Kier molecular flexibility index (Phi) is 2.97. The second-order valence-electron chi connectivity index (χ2n) is 4.66. The predicted octanol–water partition coefficient (Wildman–Crippen LogP) is 1.13. The zero-order valence-electron chi connectivity index (χ0n) is 10.1. The first kappa shape index (κ1) is 11.6. The molecule has 0 radical (unpaired) electrons. The van der Waals surface area contributed by atoms with Crippen molar-refractivity contribution in [2.45, 2.75) is 18.9 Å². The molecular weight excluding hydrogens is 235 g/mol. The van der Waals surface area contributed by atoms with Gasteiger partial charge >= 0.3 is 0 Å². The summed E-state index contributed by atoms with van der Waals surface area (Å²) in [5.74, 6) is 0.708. The molecule has 1 aliphatic heterocycles. The second kappa shape index (κ2) is 4.62. The van der Waals surface area contributed by atoms with Crippen molar-refractivity contribution >= 4 is 11.0 Å². The number of pyridine rings is 1. The summed E-state index contributed by atoms with van der Waals surface area (Å²) in [7, 11) is 1.89. The van der Waals surface area contributed by atoms with E-state index in [0.29, 0.717) is 25.5 Å². The third kappa shape index (κ3) is 2.21. The van der Waals surface area contributed by atoms with E-state index in [1.807, 2.05) is 18.0 Å². The summed E-state index contributed by atoms with van der Waals surface area (Å²) < 4.78 is 19.1. The first-order valence-electron chi connectivity index (χ1n) is 5.95. The van der Waals surface area contributed by atoms with Gasteiger partial charge in [-0.15, -0.1) is 0 Å². The number of H-pyrrole nitrogens is 1. The zero-order valence-corrected chi connectivity index (χ0v) is 10.1. The van der Waals surface area contributed by atoms with Gasteiger partial charge in [0, 0.05) is 19.3 Å². The Bertz CT molecular complexity index is 511. The molecular formula is C12H15FN4O.